The standard InChI is InChI=1S/C20H22ClN5/c1-26(2)18-9-7-17(8-10-18)25-20-13-19(23-14-24-20)22-12-11-15-3-5-16(21)6-4-15/h3-10,13-14H,11-12H2,1-2H3,(H2,22,23,24,25). The van der Waals surface area contributed by atoms with Crippen LogP contribution in [0.15, 0.2) is 60.9 Å². The van der Waals surface area contributed by atoms with E-state index in [1.165, 1.54) is 5.56 Å². The fourth-order valence-electron chi connectivity index (χ4n) is 2.50. The molecule has 0 spiro atoms. The van der Waals surface area contributed by atoms with Crippen molar-refractivity contribution >= 4 is 34.6 Å². The number of benzene rings is 2. The molecule has 0 unspecified atom stereocenters. The first-order chi connectivity index (χ1) is 12.6. The highest BCUT2D eigenvalue weighted by Gasteiger charge is 2.01. The van der Waals surface area contributed by atoms with Gasteiger partial charge in [-0.25, -0.2) is 9.97 Å². The summed E-state index contributed by atoms with van der Waals surface area (Å²) in [4.78, 5) is 10.6. The Morgan fingerprint density at radius 2 is 1.62 bits per heavy atom. The Morgan fingerprint density at radius 3 is 2.31 bits per heavy atom. The van der Waals surface area contributed by atoms with E-state index in [0.29, 0.717) is 0 Å². The third kappa shape index (κ3) is 5.10. The van der Waals surface area contributed by atoms with Crippen LogP contribution in [-0.4, -0.2) is 30.6 Å². The Kier molecular flexibility index (Phi) is 5.92. The third-order valence-electron chi connectivity index (χ3n) is 3.96. The van der Waals surface area contributed by atoms with Gasteiger partial charge in [-0.05, 0) is 48.4 Å². The van der Waals surface area contributed by atoms with E-state index in [1.54, 1.807) is 6.33 Å². The molecule has 0 saturated heterocycles. The summed E-state index contributed by atoms with van der Waals surface area (Å²) in [5, 5.41) is 7.38. The molecule has 5 nitrogen and oxygen atoms in total. The normalized spacial score (nSPS) is 10.4. The number of aromatic nitrogens is 2. The van der Waals surface area contributed by atoms with Gasteiger partial charge in [0, 0.05) is 43.1 Å². The molecule has 0 amide bonds. The van der Waals surface area contributed by atoms with Crippen molar-refractivity contribution in [2.45, 2.75) is 6.42 Å². The van der Waals surface area contributed by atoms with Crippen molar-refractivity contribution in [3.05, 3.63) is 71.5 Å². The minimum atomic E-state index is 0.756. The number of nitrogens with zero attached hydrogens (tertiary/aromatic N) is 3. The van der Waals surface area contributed by atoms with Gasteiger partial charge in [0.1, 0.15) is 18.0 Å². The highest BCUT2D eigenvalue weighted by atomic mass is 35.5. The van der Waals surface area contributed by atoms with Crippen molar-refractivity contribution in [2.75, 3.05) is 36.2 Å². The molecule has 0 aliphatic carbocycles. The predicted octanol–water partition coefficient (Wildman–Crippen LogP) is 4.59. The molecule has 0 fully saturated rings. The second-order valence-corrected chi connectivity index (χ2v) is 6.59. The Morgan fingerprint density at radius 1 is 0.923 bits per heavy atom. The van der Waals surface area contributed by atoms with Crippen LogP contribution in [0.25, 0.3) is 0 Å². The molecule has 3 rings (SSSR count). The van der Waals surface area contributed by atoms with Gasteiger partial charge in [0.15, 0.2) is 0 Å². The molecule has 3 aromatic rings. The minimum Gasteiger partial charge on any atom is -0.378 e. The summed E-state index contributed by atoms with van der Waals surface area (Å²) < 4.78 is 0. The van der Waals surface area contributed by atoms with Crippen LogP contribution in [0.5, 0.6) is 0 Å². The molecule has 0 atom stereocenters. The Bertz CT molecular complexity index is 832. The molecule has 2 aromatic carbocycles. The lowest BCUT2D eigenvalue weighted by Crippen LogP contribution is -2.08. The van der Waals surface area contributed by atoms with Gasteiger partial charge in [0.25, 0.3) is 0 Å². The summed E-state index contributed by atoms with van der Waals surface area (Å²) in [5.74, 6) is 1.55. The lowest BCUT2D eigenvalue weighted by Gasteiger charge is -2.13. The zero-order chi connectivity index (χ0) is 18.4. The SMILES string of the molecule is CN(C)c1ccc(Nc2cc(NCCc3ccc(Cl)cc3)ncn2)cc1. The maximum absolute atomic E-state index is 5.91. The maximum atomic E-state index is 5.91. The van der Waals surface area contributed by atoms with Crippen molar-refractivity contribution in [1.82, 2.24) is 9.97 Å². The molecule has 0 aliphatic rings. The van der Waals surface area contributed by atoms with E-state index in [4.69, 9.17) is 11.6 Å². The molecule has 6 heteroatoms. The number of hydrogen-bond acceptors (Lipinski definition) is 5. The second-order valence-electron chi connectivity index (χ2n) is 6.16. The molecular weight excluding hydrogens is 346 g/mol. The molecule has 0 bridgehead atoms. The fourth-order valence-corrected chi connectivity index (χ4v) is 2.63. The van der Waals surface area contributed by atoms with Crippen molar-refractivity contribution in [2.24, 2.45) is 0 Å². The molecule has 0 radical (unpaired) electrons. The van der Waals surface area contributed by atoms with Crippen LogP contribution >= 0.6 is 11.6 Å². The van der Waals surface area contributed by atoms with Gasteiger partial charge in [0.05, 0.1) is 0 Å². The third-order valence-corrected chi connectivity index (χ3v) is 4.21. The zero-order valence-corrected chi connectivity index (χ0v) is 15.7. The van der Waals surface area contributed by atoms with E-state index >= 15 is 0 Å². The van der Waals surface area contributed by atoms with Crippen LogP contribution in [0.1, 0.15) is 5.56 Å². The topological polar surface area (TPSA) is 53.1 Å². The van der Waals surface area contributed by atoms with Crippen molar-refractivity contribution < 1.29 is 0 Å². The molecule has 0 aliphatic heterocycles. The second kappa shape index (κ2) is 8.54. The molecule has 2 N–H and O–H groups in total. The Hall–Kier alpha value is -2.79. The fraction of sp³-hybridized carbons (Fsp3) is 0.200. The number of hydrogen-bond donors (Lipinski definition) is 2. The van der Waals surface area contributed by atoms with E-state index < -0.39 is 0 Å². The van der Waals surface area contributed by atoms with Crippen LogP contribution in [0.3, 0.4) is 0 Å². The van der Waals surface area contributed by atoms with Gasteiger partial charge in [-0.1, -0.05) is 23.7 Å². The van der Waals surface area contributed by atoms with E-state index in [9.17, 15) is 0 Å². The average molecular weight is 368 g/mol. The van der Waals surface area contributed by atoms with Gasteiger partial charge in [-0.3, -0.25) is 0 Å². The summed E-state index contributed by atoms with van der Waals surface area (Å²) in [6, 6.07) is 18.0. The van der Waals surface area contributed by atoms with Crippen LogP contribution < -0.4 is 15.5 Å². The first kappa shape index (κ1) is 18.0. The first-order valence-electron chi connectivity index (χ1n) is 8.45. The monoisotopic (exact) mass is 367 g/mol. The van der Waals surface area contributed by atoms with Gasteiger partial charge in [-0.15, -0.1) is 0 Å². The number of halogens is 1. The van der Waals surface area contributed by atoms with E-state index in [-0.39, 0.29) is 0 Å². The van der Waals surface area contributed by atoms with Gasteiger partial charge in [-0.2, -0.15) is 0 Å². The van der Waals surface area contributed by atoms with Crippen molar-refractivity contribution in [1.29, 1.82) is 0 Å². The lowest BCUT2D eigenvalue weighted by atomic mass is 10.1. The van der Waals surface area contributed by atoms with Crippen molar-refractivity contribution in [3.8, 4) is 0 Å². The Labute approximate surface area is 159 Å². The van der Waals surface area contributed by atoms with E-state index in [2.05, 4.69) is 37.6 Å². The molecule has 26 heavy (non-hydrogen) atoms. The smallest absolute Gasteiger partial charge is 0.135 e. The van der Waals surface area contributed by atoms with Crippen LogP contribution in [0, 0.1) is 0 Å². The molecule has 1 aromatic heterocycles. The highest BCUT2D eigenvalue weighted by molar-refractivity contribution is 6.30. The largest absolute Gasteiger partial charge is 0.378 e. The average Bonchev–Trinajstić information content (AvgIpc) is 2.64. The molecular formula is C20H22ClN5. The summed E-state index contributed by atoms with van der Waals surface area (Å²) in [5.41, 5.74) is 3.37. The van der Waals surface area contributed by atoms with Crippen LogP contribution in [-0.2, 0) is 6.42 Å². The van der Waals surface area contributed by atoms with E-state index in [0.717, 1.165) is 41.0 Å². The lowest BCUT2D eigenvalue weighted by molar-refractivity contribution is 1.000. The van der Waals surface area contributed by atoms with Gasteiger partial charge < -0.3 is 15.5 Å². The first-order valence-corrected chi connectivity index (χ1v) is 8.83. The minimum absolute atomic E-state index is 0.756. The van der Waals surface area contributed by atoms with E-state index in [1.807, 2.05) is 56.6 Å². The predicted molar refractivity (Wildman–Crippen MR) is 110 cm³/mol. The number of rotatable bonds is 7. The molecule has 134 valence electrons. The van der Waals surface area contributed by atoms with Gasteiger partial charge in [0.2, 0.25) is 0 Å². The summed E-state index contributed by atoms with van der Waals surface area (Å²) >= 11 is 5.91. The van der Waals surface area contributed by atoms with Gasteiger partial charge >= 0.3 is 0 Å². The molecule has 0 saturated carbocycles. The molecule has 1 heterocycles. The van der Waals surface area contributed by atoms with Crippen molar-refractivity contribution in [3.63, 3.8) is 0 Å². The van der Waals surface area contributed by atoms with Crippen LogP contribution in [0.2, 0.25) is 5.02 Å². The maximum Gasteiger partial charge on any atom is 0.135 e. The van der Waals surface area contributed by atoms with Crippen LogP contribution in [0.4, 0.5) is 23.0 Å². The highest BCUT2D eigenvalue weighted by Crippen LogP contribution is 2.20. The quantitative estimate of drug-likeness (QED) is 0.639. The summed E-state index contributed by atoms with van der Waals surface area (Å²) in [7, 11) is 4.05. The number of anilines is 4. The number of nitrogens with one attached hydrogen (secondary N) is 2. The Balaban J connectivity index is 1.56. The summed E-state index contributed by atoms with van der Waals surface area (Å²) in [6.07, 6.45) is 2.46. The zero-order valence-electron chi connectivity index (χ0n) is 14.9. The summed E-state index contributed by atoms with van der Waals surface area (Å²) in [6.45, 7) is 0.787.